The second-order valence-electron chi connectivity index (χ2n) is 22.3. The van der Waals surface area contributed by atoms with E-state index in [4.69, 9.17) is 29.4 Å². The Hall–Kier alpha value is -6.05. The molecule has 486 valence electrons. The molecule has 0 saturated carbocycles. The van der Waals surface area contributed by atoms with Gasteiger partial charge in [0.15, 0.2) is 0 Å². The van der Waals surface area contributed by atoms with Crippen LogP contribution in [-0.2, 0) is 38.3 Å². The molecule has 3 aromatic carbocycles. The van der Waals surface area contributed by atoms with E-state index >= 15 is 0 Å². The summed E-state index contributed by atoms with van der Waals surface area (Å²) in [5, 5.41) is 44.8. The van der Waals surface area contributed by atoms with E-state index in [1.807, 2.05) is 91.0 Å². The average molecular weight is 1570 g/mol. The van der Waals surface area contributed by atoms with E-state index in [1.54, 1.807) is 108 Å². The molecule has 0 spiro atoms. The van der Waals surface area contributed by atoms with Crippen LogP contribution in [0.15, 0.2) is 155 Å². The number of benzene rings is 3. The van der Waals surface area contributed by atoms with Crippen LogP contribution >= 0.6 is 109 Å². The maximum absolute atomic E-state index is 13.5. The number of thiophene rings is 4. The number of hydrogen-bond donors (Lipinski definition) is 7. The molecule has 0 radical (unpaired) electrons. The molecule has 0 fully saturated rings. The van der Waals surface area contributed by atoms with E-state index in [-0.39, 0.29) is 19.1 Å². The van der Waals surface area contributed by atoms with Crippen molar-refractivity contribution >= 4 is 151 Å². The molecular formula is C62H72Br4N6O14S4. The number of aromatic carboxylic acids is 1. The molecule has 28 heteroatoms. The third kappa shape index (κ3) is 29.9. The molecule has 7 N–H and O–H groups in total. The Morgan fingerprint density at radius 1 is 0.478 bits per heavy atom. The minimum atomic E-state index is -0.870. The first-order valence-corrected chi connectivity index (χ1v) is 34.2. The Morgan fingerprint density at radius 2 is 0.811 bits per heavy atom. The molecule has 90 heavy (non-hydrogen) atoms. The van der Waals surface area contributed by atoms with Crippen LogP contribution < -0.4 is 21.4 Å². The lowest BCUT2D eigenvalue weighted by atomic mass is 10.1. The van der Waals surface area contributed by atoms with Crippen LogP contribution in [0.3, 0.4) is 0 Å². The Labute approximate surface area is 573 Å². The topological polar surface area (TPSA) is 272 Å². The quantitative estimate of drug-likeness (QED) is 0.0225. The normalized spacial score (nSPS) is 12.0. The fraction of sp³-hybridized carbons (Fsp3) is 0.339. The average Bonchev–Trinajstić information content (AvgIpc) is 1.88. The number of ether oxygens (including phenoxy) is 3. The largest absolute Gasteiger partial charge is 0.477 e. The van der Waals surface area contributed by atoms with Gasteiger partial charge >= 0.3 is 30.2 Å². The van der Waals surface area contributed by atoms with Gasteiger partial charge in [-0.15, -0.1) is 45.3 Å². The minimum Gasteiger partial charge on any atom is -0.477 e. The number of carbonyl (C=O) groups is 7. The summed E-state index contributed by atoms with van der Waals surface area (Å²) in [5.74, 6) is -2.54. The first-order chi connectivity index (χ1) is 42.3. The van der Waals surface area contributed by atoms with Gasteiger partial charge in [0.1, 0.15) is 26.6 Å². The van der Waals surface area contributed by atoms with E-state index in [9.17, 15) is 38.8 Å². The maximum Gasteiger partial charge on any atom is 0.407 e. The molecule has 0 saturated heterocycles. The Bertz CT molecular complexity index is 3390. The molecule has 5 amide bonds. The number of halogens is 4. The minimum absolute atomic E-state index is 0.00348. The zero-order valence-corrected chi connectivity index (χ0v) is 60.2. The molecule has 7 aromatic rings. The van der Waals surface area contributed by atoms with Crippen molar-refractivity contribution in [2.24, 2.45) is 0 Å². The molecule has 3 unspecified atom stereocenters. The molecule has 0 aliphatic rings. The summed E-state index contributed by atoms with van der Waals surface area (Å²) in [6.07, 6.45) is -0.383. The lowest BCUT2D eigenvalue weighted by Crippen LogP contribution is -2.49. The highest BCUT2D eigenvalue weighted by molar-refractivity contribution is 9.11. The van der Waals surface area contributed by atoms with Crippen LogP contribution in [0.25, 0.3) is 0 Å². The van der Waals surface area contributed by atoms with Crippen molar-refractivity contribution in [1.82, 2.24) is 31.6 Å². The Morgan fingerprint density at radius 3 is 1.16 bits per heavy atom. The van der Waals surface area contributed by atoms with Crippen molar-refractivity contribution in [2.75, 3.05) is 19.6 Å². The van der Waals surface area contributed by atoms with Crippen LogP contribution in [0, 0.1) is 0 Å². The van der Waals surface area contributed by atoms with E-state index in [0.29, 0.717) is 50.4 Å². The first-order valence-electron chi connectivity index (χ1n) is 27.5. The molecule has 0 bridgehead atoms. The summed E-state index contributed by atoms with van der Waals surface area (Å²) < 4.78 is 18.8. The summed E-state index contributed by atoms with van der Waals surface area (Å²) in [4.78, 5) is 92.2. The van der Waals surface area contributed by atoms with Gasteiger partial charge in [0.2, 0.25) is 0 Å². The van der Waals surface area contributed by atoms with E-state index in [2.05, 4.69) is 85.2 Å². The number of carboxylic acid groups (broad SMARTS) is 1. The summed E-state index contributed by atoms with van der Waals surface area (Å²) in [6, 6.07) is 33.6. The highest BCUT2D eigenvalue weighted by Gasteiger charge is 2.33. The second kappa shape index (κ2) is 37.5. The predicted molar refractivity (Wildman–Crippen MR) is 364 cm³/mol. The van der Waals surface area contributed by atoms with E-state index < -0.39 is 70.9 Å². The lowest BCUT2D eigenvalue weighted by molar-refractivity contribution is -0.104. The zero-order chi connectivity index (χ0) is 66.8. The maximum atomic E-state index is 13.5. The van der Waals surface area contributed by atoms with Crippen molar-refractivity contribution in [1.29, 1.82) is 0 Å². The van der Waals surface area contributed by atoms with Crippen LogP contribution in [0.1, 0.15) is 118 Å². The third-order valence-electron chi connectivity index (χ3n) is 11.2. The van der Waals surface area contributed by atoms with Gasteiger partial charge in [0.25, 0.3) is 11.8 Å². The molecule has 20 nitrogen and oxygen atoms in total. The SMILES string of the molecule is CC(C)(C)OC(=O)NCC(Cc1ccccc1)N(O)C(=O)c1cc(Br)cs1.CC(C)(C)OC(=O)NCC(Cc1ccccc1)N(OC(=O)c1cc(Br)cs1)C(=O)c1cc(Br)cs1.CC(C)(C)OC(=O)NCC(Cc1ccccc1)NO.O=C(O)c1cc(Br)cs1. The number of hydroxylamine groups is 5. The fourth-order valence-corrected chi connectivity index (χ4v) is 12.6. The predicted octanol–water partition coefficient (Wildman–Crippen LogP) is 15.5. The molecular weight excluding hydrogens is 1500 g/mol. The number of amides is 5. The molecule has 4 heterocycles. The van der Waals surface area contributed by atoms with Crippen LogP contribution in [0.5, 0.6) is 0 Å². The van der Waals surface area contributed by atoms with Gasteiger partial charge in [0.05, 0.1) is 27.9 Å². The van der Waals surface area contributed by atoms with E-state index in [1.165, 1.54) is 45.3 Å². The second-order valence-corrected chi connectivity index (χ2v) is 29.6. The third-order valence-corrected chi connectivity index (χ3v) is 17.9. The van der Waals surface area contributed by atoms with Crippen LogP contribution in [0.2, 0.25) is 0 Å². The van der Waals surface area contributed by atoms with Crippen LogP contribution in [-0.4, -0.2) is 122 Å². The van der Waals surface area contributed by atoms with Gasteiger partial charge in [-0.1, -0.05) is 91.0 Å². The highest BCUT2D eigenvalue weighted by Crippen LogP contribution is 2.27. The van der Waals surface area contributed by atoms with Crippen molar-refractivity contribution in [3.63, 3.8) is 0 Å². The number of rotatable bonds is 19. The van der Waals surface area contributed by atoms with Crippen LogP contribution in [0.4, 0.5) is 14.4 Å². The summed E-state index contributed by atoms with van der Waals surface area (Å²) in [5.41, 5.74) is 3.29. The lowest BCUT2D eigenvalue weighted by Gasteiger charge is -2.30. The number of nitrogens with zero attached hydrogens (tertiary/aromatic N) is 2. The first kappa shape index (κ1) is 76.4. The van der Waals surface area contributed by atoms with Crippen molar-refractivity contribution < 1.29 is 68.1 Å². The van der Waals surface area contributed by atoms with E-state index in [0.717, 1.165) is 39.6 Å². The van der Waals surface area contributed by atoms with Gasteiger partial charge in [-0.3, -0.25) is 14.8 Å². The van der Waals surface area contributed by atoms with Gasteiger partial charge in [0, 0.05) is 59.0 Å². The fourth-order valence-electron chi connectivity index (χ4n) is 7.37. The number of carbonyl (C=O) groups excluding carboxylic acids is 6. The van der Waals surface area contributed by atoms with Gasteiger partial charge < -0.3 is 45.3 Å². The highest BCUT2D eigenvalue weighted by atomic mass is 79.9. The van der Waals surface area contributed by atoms with Gasteiger partial charge in [-0.25, -0.2) is 34.5 Å². The molecule has 7 rings (SSSR count). The van der Waals surface area contributed by atoms with Gasteiger partial charge in [-0.05, 0) is 186 Å². The number of alkyl carbamates (subject to hydrolysis) is 3. The summed E-state index contributed by atoms with van der Waals surface area (Å²) in [7, 11) is 0. The smallest absolute Gasteiger partial charge is 0.407 e. The van der Waals surface area contributed by atoms with Crippen molar-refractivity contribution in [3.8, 4) is 0 Å². The monoisotopic (exact) mass is 1570 g/mol. The Balaban J connectivity index is 0.000000278. The zero-order valence-electron chi connectivity index (χ0n) is 50.6. The Kier molecular flexibility index (Phi) is 31.8. The molecule has 0 aliphatic heterocycles. The summed E-state index contributed by atoms with van der Waals surface area (Å²) in [6.45, 7) is 16.4. The van der Waals surface area contributed by atoms with Crippen molar-refractivity contribution in [2.45, 2.75) is 117 Å². The number of nitrogens with one attached hydrogen (secondary N) is 4. The number of hydrogen-bond acceptors (Lipinski definition) is 18. The van der Waals surface area contributed by atoms with Gasteiger partial charge in [-0.2, -0.15) is 5.06 Å². The van der Waals surface area contributed by atoms with Crippen molar-refractivity contribution in [3.05, 3.63) is 191 Å². The molecule has 3 atom stereocenters. The molecule has 0 aliphatic carbocycles. The summed E-state index contributed by atoms with van der Waals surface area (Å²) >= 11 is 18.0. The molecule has 4 aromatic heterocycles. The standard InChI is InChI=1S/C24H24Br2N2O5S2.C19H23BrN2O4S.C14H22N2O3.C5H3BrO2S/c1-24(2,3)32-23(31)27-12-18(9-15-7-5-4-6-8-15)28(21(29)19-10-16(25)13-34-19)33-22(30)20-11-17(26)14-35-20;1-19(2,3)26-18(24)21-11-15(9-13-7-5-4-6-8-13)22(25)17(23)16-10-14(20)12-27-16;1-14(2,3)19-13(17)15-10-12(16-18)9-11-7-5-4-6-8-11;6-3-1-4(5(7)8)9-2-3/h4-8,10-11,13-14,18H,9,12H2,1-3H3,(H,27,31);4-8,10,12,15,25H,9,11H2,1-3H3,(H,21,24);4-8,12,16,18H,9-10H2,1-3H3,(H,15,17);1-2H,(H,7,8). The number of carboxylic acids is 1.